The number of rotatable bonds is 3. The van der Waals surface area contributed by atoms with Gasteiger partial charge in [-0.05, 0) is 30.3 Å². The quantitative estimate of drug-likeness (QED) is 0.369. The molecule has 5 N–H and O–H groups in total. The van der Waals surface area contributed by atoms with Crippen molar-refractivity contribution in [1.29, 1.82) is 0 Å². The number of nitrogens with zero attached hydrogens (tertiary/aromatic N) is 3. The molecule has 0 fully saturated rings. The van der Waals surface area contributed by atoms with E-state index in [1.165, 1.54) is 36.1 Å². The van der Waals surface area contributed by atoms with Crippen LogP contribution in [0.2, 0.25) is 0 Å². The van der Waals surface area contributed by atoms with Gasteiger partial charge in [-0.1, -0.05) is 0 Å². The lowest BCUT2D eigenvalue weighted by atomic mass is 10.1. The van der Waals surface area contributed by atoms with E-state index in [1.807, 2.05) is 0 Å². The minimum absolute atomic E-state index is 0.148. The van der Waals surface area contributed by atoms with E-state index >= 15 is 0 Å². The van der Waals surface area contributed by atoms with E-state index in [9.17, 15) is 9.18 Å². The normalized spacial score (nSPS) is 11.1. The maximum Gasteiger partial charge on any atom is 0.258 e. The van der Waals surface area contributed by atoms with Gasteiger partial charge in [-0.15, -0.1) is 0 Å². The number of aromatic nitrogens is 3. The van der Waals surface area contributed by atoms with Gasteiger partial charge in [0.15, 0.2) is 0 Å². The van der Waals surface area contributed by atoms with Crippen LogP contribution in [0.25, 0.3) is 21.8 Å². The predicted octanol–water partition coefficient (Wildman–Crippen LogP) is 2.54. The first-order chi connectivity index (χ1) is 13.4. The fourth-order valence-corrected chi connectivity index (χ4v) is 3.07. The highest BCUT2D eigenvalue weighted by molar-refractivity contribution is 6.05. The third-order valence-electron chi connectivity index (χ3n) is 4.53. The van der Waals surface area contributed by atoms with Gasteiger partial charge in [0.2, 0.25) is 5.95 Å². The lowest BCUT2D eigenvalue weighted by Crippen LogP contribution is -2.18. The van der Waals surface area contributed by atoms with E-state index < -0.39 is 5.82 Å². The number of nitrogen functional groups attached to an aromatic ring is 2. The van der Waals surface area contributed by atoms with Gasteiger partial charge in [0.05, 0.1) is 35.6 Å². The topological polar surface area (TPSA) is 121 Å². The van der Waals surface area contributed by atoms with E-state index in [0.29, 0.717) is 38.9 Å². The molecule has 2 aromatic heterocycles. The van der Waals surface area contributed by atoms with E-state index in [1.54, 1.807) is 19.2 Å². The number of anilines is 4. The van der Waals surface area contributed by atoms with Crippen LogP contribution in [0, 0.1) is 5.82 Å². The van der Waals surface area contributed by atoms with Crippen LogP contribution < -0.4 is 27.1 Å². The molecule has 0 amide bonds. The highest BCUT2D eigenvalue weighted by Crippen LogP contribution is 2.30. The van der Waals surface area contributed by atoms with Crippen LogP contribution >= 0.6 is 0 Å². The molecule has 0 radical (unpaired) electrons. The zero-order chi connectivity index (χ0) is 20.0. The Bertz CT molecular complexity index is 1300. The van der Waals surface area contributed by atoms with Gasteiger partial charge in [0.25, 0.3) is 5.56 Å². The van der Waals surface area contributed by atoms with Gasteiger partial charge in [0, 0.05) is 18.1 Å². The van der Waals surface area contributed by atoms with Gasteiger partial charge in [0.1, 0.15) is 17.1 Å². The summed E-state index contributed by atoms with van der Waals surface area (Å²) in [6, 6.07) is 7.38. The molecule has 28 heavy (non-hydrogen) atoms. The van der Waals surface area contributed by atoms with Crippen LogP contribution in [-0.2, 0) is 7.05 Å². The zero-order valence-electron chi connectivity index (χ0n) is 15.2. The SMILES string of the molecule is COc1cc2c(cc1N)c(=O)n(C)c1cnc(Nc3cc(N)ccc3F)nc21. The number of hydrogen-bond acceptors (Lipinski definition) is 7. The summed E-state index contributed by atoms with van der Waals surface area (Å²) in [5.74, 6) is 0.0995. The first-order valence-electron chi connectivity index (χ1n) is 8.34. The Morgan fingerprint density at radius 1 is 1.18 bits per heavy atom. The molecule has 0 atom stereocenters. The van der Waals surface area contributed by atoms with E-state index in [-0.39, 0.29) is 17.2 Å². The van der Waals surface area contributed by atoms with Crippen LogP contribution in [0.4, 0.5) is 27.4 Å². The molecule has 9 heteroatoms. The lowest BCUT2D eigenvalue weighted by molar-refractivity contribution is 0.417. The van der Waals surface area contributed by atoms with Crippen molar-refractivity contribution < 1.29 is 9.13 Å². The van der Waals surface area contributed by atoms with E-state index in [0.717, 1.165) is 0 Å². The smallest absolute Gasteiger partial charge is 0.258 e. The van der Waals surface area contributed by atoms with Crippen molar-refractivity contribution in [2.45, 2.75) is 0 Å². The average Bonchev–Trinajstić information content (AvgIpc) is 2.68. The number of methoxy groups -OCH3 is 1. The van der Waals surface area contributed by atoms with Crippen molar-refractivity contribution >= 4 is 44.8 Å². The Morgan fingerprint density at radius 3 is 2.71 bits per heavy atom. The minimum Gasteiger partial charge on any atom is -0.495 e. The summed E-state index contributed by atoms with van der Waals surface area (Å²) in [6.45, 7) is 0. The van der Waals surface area contributed by atoms with Crippen LogP contribution in [0.15, 0.2) is 41.3 Å². The van der Waals surface area contributed by atoms with Crippen LogP contribution in [0.1, 0.15) is 0 Å². The van der Waals surface area contributed by atoms with Gasteiger partial charge < -0.3 is 26.1 Å². The third kappa shape index (κ3) is 2.73. The molecule has 2 heterocycles. The Morgan fingerprint density at radius 2 is 1.96 bits per heavy atom. The summed E-state index contributed by atoms with van der Waals surface area (Å²) < 4.78 is 20.7. The maximum atomic E-state index is 14.0. The fourth-order valence-electron chi connectivity index (χ4n) is 3.07. The molecule has 0 aliphatic rings. The second-order valence-electron chi connectivity index (χ2n) is 6.30. The van der Waals surface area contributed by atoms with Crippen LogP contribution in [0.3, 0.4) is 0 Å². The lowest BCUT2D eigenvalue weighted by Gasteiger charge is -2.13. The molecule has 0 spiro atoms. The van der Waals surface area contributed by atoms with Crippen molar-refractivity contribution in [2.75, 3.05) is 23.9 Å². The van der Waals surface area contributed by atoms with Crippen molar-refractivity contribution in [3.8, 4) is 5.75 Å². The highest BCUT2D eigenvalue weighted by atomic mass is 19.1. The number of benzene rings is 2. The van der Waals surface area contributed by atoms with E-state index in [4.69, 9.17) is 16.2 Å². The molecule has 0 unspecified atom stereocenters. The molecular formula is C19H17FN6O2. The summed E-state index contributed by atoms with van der Waals surface area (Å²) in [4.78, 5) is 21.4. The van der Waals surface area contributed by atoms with Gasteiger partial charge in [-0.2, -0.15) is 0 Å². The number of fused-ring (bicyclic) bond motifs is 3. The number of nitrogens with two attached hydrogens (primary N) is 2. The summed E-state index contributed by atoms with van der Waals surface area (Å²) >= 11 is 0. The van der Waals surface area contributed by atoms with Crippen LogP contribution in [-0.4, -0.2) is 21.6 Å². The Balaban J connectivity index is 1.97. The Labute approximate surface area is 158 Å². The largest absolute Gasteiger partial charge is 0.495 e. The second-order valence-corrected chi connectivity index (χ2v) is 6.30. The number of ether oxygens (including phenoxy) is 1. The minimum atomic E-state index is -0.488. The summed E-state index contributed by atoms with van der Waals surface area (Å²) in [5.41, 5.74) is 13.3. The molecule has 8 nitrogen and oxygen atoms in total. The molecule has 0 bridgehead atoms. The van der Waals surface area contributed by atoms with Crippen molar-refractivity contribution in [2.24, 2.45) is 7.05 Å². The molecule has 0 aliphatic carbocycles. The molecule has 142 valence electrons. The van der Waals surface area contributed by atoms with Crippen LogP contribution in [0.5, 0.6) is 5.75 Å². The van der Waals surface area contributed by atoms with Crippen molar-refractivity contribution in [1.82, 2.24) is 14.5 Å². The fraction of sp³-hybridized carbons (Fsp3) is 0.105. The molecule has 2 aromatic carbocycles. The van der Waals surface area contributed by atoms with Crippen molar-refractivity contribution in [3.05, 3.63) is 52.7 Å². The zero-order valence-corrected chi connectivity index (χ0v) is 15.2. The summed E-state index contributed by atoms with van der Waals surface area (Å²) in [5, 5.41) is 3.78. The first kappa shape index (κ1) is 17.5. The maximum absolute atomic E-state index is 14.0. The Hall–Kier alpha value is -3.88. The number of aryl methyl sites for hydroxylation is 1. The third-order valence-corrected chi connectivity index (χ3v) is 4.53. The predicted molar refractivity (Wildman–Crippen MR) is 107 cm³/mol. The summed E-state index contributed by atoms with van der Waals surface area (Å²) in [6.07, 6.45) is 1.50. The molecule has 0 saturated heterocycles. The Kier molecular flexibility index (Phi) is 3.99. The molecule has 4 rings (SSSR count). The second kappa shape index (κ2) is 6.38. The van der Waals surface area contributed by atoms with E-state index in [2.05, 4.69) is 15.3 Å². The molecular weight excluding hydrogens is 363 g/mol. The molecule has 0 aliphatic heterocycles. The highest BCUT2D eigenvalue weighted by Gasteiger charge is 2.15. The van der Waals surface area contributed by atoms with Gasteiger partial charge in [-0.3, -0.25) is 4.79 Å². The average molecular weight is 380 g/mol. The van der Waals surface area contributed by atoms with Crippen molar-refractivity contribution in [3.63, 3.8) is 0 Å². The van der Waals surface area contributed by atoms with Gasteiger partial charge >= 0.3 is 0 Å². The number of halogens is 1. The number of nitrogens with one attached hydrogen (secondary N) is 1. The molecule has 4 aromatic rings. The summed E-state index contributed by atoms with van der Waals surface area (Å²) in [7, 11) is 3.11. The number of hydrogen-bond donors (Lipinski definition) is 3. The first-order valence-corrected chi connectivity index (χ1v) is 8.34. The standard InChI is InChI=1S/C19H17FN6O2/c1-26-15-8-23-19(24-14-5-9(21)3-4-12(14)20)25-17(15)10-7-16(28-2)13(22)6-11(10)18(26)27/h3-8H,21-22H2,1-2H3,(H,23,24,25). The monoisotopic (exact) mass is 380 g/mol. The van der Waals surface area contributed by atoms with Gasteiger partial charge in [-0.25, -0.2) is 14.4 Å². The molecule has 0 saturated carbocycles. The number of pyridine rings is 1.